The molecule has 0 aromatic heterocycles. The molecule has 0 saturated carbocycles. The molecule has 0 aromatic carbocycles. The van der Waals surface area contributed by atoms with Crippen molar-refractivity contribution in [2.75, 3.05) is 32.4 Å². The van der Waals surface area contributed by atoms with E-state index in [0.717, 1.165) is 6.42 Å². The van der Waals surface area contributed by atoms with Gasteiger partial charge in [0.15, 0.2) is 0 Å². The minimum Gasteiger partial charge on any atom is -0.354 e. The van der Waals surface area contributed by atoms with E-state index >= 15 is 0 Å². The highest BCUT2D eigenvalue weighted by atomic mass is 32.2. The zero-order valence-electron chi connectivity index (χ0n) is 12.4. The first-order valence-electron chi connectivity index (χ1n) is 6.72. The van der Waals surface area contributed by atoms with Gasteiger partial charge in [0.1, 0.15) is 0 Å². The highest BCUT2D eigenvalue weighted by molar-refractivity contribution is 7.88. The van der Waals surface area contributed by atoms with E-state index in [1.165, 1.54) is 10.6 Å². The monoisotopic (exact) mass is 293 g/mol. The molecule has 7 heteroatoms. The Kier molecular flexibility index (Phi) is 8.95. The van der Waals surface area contributed by atoms with Gasteiger partial charge in [0.05, 0.1) is 6.26 Å². The molecule has 0 rings (SSSR count). The molecule has 0 radical (unpaired) electrons. The number of hydrogen-bond acceptors (Lipinski definition) is 4. The van der Waals surface area contributed by atoms with E-state index in [2.05, 4.69) is 10.6 Å². The van der Waals surface area contributed by atoms with E-state index in [-0.39, 0.29) is 11.9 Å². The topological polar surface area (TPSA) is 78.5 Å². The Morgan fingerprint density at radius 1 is 1.26 bits per heavy atom. The fourth-order valence-electron chi connectivity index (χ4n) is 1.66. The minimum atomic E-state index is -3.09. The zero-order chi connectivity index (χ0) is 14.9. The van der Waals surface area contributed by atoms with Crippen LogP contribution in [0.5, 0.6) is 0 Å². The van der Waals surface area contributed by atoms with Crippen LogP contribution in [-0.2, 0) is 14.8 Å². The average molecular weight is 293 g/mol. The molecule has 6 nitrogen and oxygen atoms in total. The maximum Gasteiger partial charge on any atom is 0.221 e. The fourth-order valence-corrected chi connectivity index (χ4v) is 2.59. The van der Waals surface area contributed by atoms with Crippen molar-refractivity contribution in [3.05, 3.63) is 0 Å². The molecule has 0 aliphatic carbocycles. The summed E-state index contributed by atoms with van der Waals surface area (Å²) in [7, 11) is -3.09. The summed E-state index contributed by atoms with van der Waals surface area (Å²) in [5.41, 5.74) is 0. The van der Waals surface area contributed by atoms with E-state index in [4.69, 9.17) is 0 Å². The Morgan fingerprint density at radius 2 is 1.89 bits per heavy atom. The van der Waals surface area contributed by atoms with Crippen LogP contribution in [0.1, 0.15) is 33.6 Å². The first kappa shape index (κ1) is 18.3. The molecule has 0 aromatic rings. The molecule has 1 amide bonds. The van der Waals surface area contributed by atoms with Crippen LogP contribution in [0.15, 0.2) is 0 Å². The van der Waals surface area contributed by atoms with E-state index in [0.29, 0.717) is 32.6 Å². The number of nitrogens with one attached hydrogen (secondary N) is 2. The summed E-state index contributed by atoms with van der Waals surface area (Å²) in [6.07, 6.45) is 2.41. The van der Waals surface area contributed by atoms with Crippen molar-refractivity contribution in [1.29, 1.82) is 0 Å². The summed E-state index contributed by atoms with van der Waals surface area (Å²) < 4.78 is 24.1. The molecular weight excluding hydrogens is 266 g/mol. The predicted octanol–water partition coefficient (Wildman–Crippen LogP) is 0.162. The standard InChI is InChI=1S/C12H27N3O3S/c1-5-15(19(4,17)18)10-6-8-13-9-7-12(16)14-11(2)3/h11,13H,5-10H2,1-4H3,(H,14,16). The lowest BCUT2D eigenvalue weighted by Gasteiger charge is -2.17. The zero-order valence-corrected chi connectivity index (χ0v) is 13.2. The Hall–Kier alpha value is -0.660. The molecule has 114 valence electrons. The summed E-state index contributed by atoms with van der Waals surface area (Å²) in [4.78, 5) is 11.3. The Labute approximate surface area is 117 Å². The lowest BCUT2D eigenvalue weighted by molar-refractivity contribution is -0.121. The maximum atomic E-state index is 11.3. The van der Waals surface area contributed by atoms with Gasteiger partial charge < -0.3 is 10.6 Å². The van der Waals surface area contributed by atoms with Crippen molar-refractivity contribution in [3.63, 3.8) is 0 Å². The second-order valence-corrected chi connectivity index (χ2v) is 6.81. The van der Waals surface area contributed by atoms with Gasteiger partial charge in [-0.15, -0.1) is 0 Å². The molecule has 0 spiro atoms. The second kappa shape index (κ2) is 9.28. The molecule has 2 N–H and O–H groups in total. The van der Waals surface area contributed by atoms with Crippen LogP contribution in [0, 0.1) is 0 Å². The van der Waals surface area contributed by atoms with Crippen LogP contribution in [-0.4, -0.2) is 57.1 Å². The number of amides is 1. The van der Waals surface area contributed by atoms with Gasteiger partial charge in [0.25, 0.3) is 0 Å². The van der Waals surface area contributed by atoms with Gasteiger partial charge in [-0.25, -0.2) is 12.7 Å². The minimum absolute atomic E-state index is 0.0359. The molecule has 0 aliphatic heterocycles. The summed E-state index contributed by atoms with van der Waals surface area (Å²) >= 11 is 0. The van der Waals surface area contributed by atoms with Gasteiger partial charge in [-0.2, -0.15) is 0 Å². The molecule has 0 bridgehead atoms. The number of carbonyl (C=O) groups is 1. The third-order valence-electron chi connectivity index (χ3n) is 2.56. The van der Waals surface area contributed by atoms with E-state index in [1.807, 2.05) is 20.8 Å². The number of carbonyl (C=O) groups excluding carboxylic acids is 1. The lowest BCUT2D eigenvalue weighted by Crippen LogP contribution is -2.34. The Morgan fingerprint density at radius 3 is 2.37 bits per heavy atom. The van der Waals surface area contributed by atoms with Crippen molar-refractivity contribution in [1.82, 2.24) is 14.9 Å². The predicted molar refractivity (Wildman–Crippen MR) is 77.5 cm³/mol. The Balaban J connectivity index is 3.63. The number of sulfonamides is 1. The lowest BCUT2D eigenvalue weighted by atomic mass is 10.3. The average Bonchev–Trinajstić information content (AvgIpc) is 2.25. The van der Waals surface area contributed by atoms with Gasteiger partial charge >= 0.3 is 0 Å². The molecule has 0 fully saturated rings. The fraction of sp³-hybridized carbons (Fsp3) is 0.917. The van der Waals surface area contributed by atoms with Crippen molar-refractivity contribution < 1.29 is 13.2 Å². The first-order valence-corrected chi connectivity index (χ1v) is 8.57. The van der Waals surface area contributed by atoms with Crippen LogP contribution in [0.2, 0.25) is 0 Å². The Bertz CT molecular complexity index is 355. The van der Waals surface area contributed by atoms with E-state index < -0.39 is 10.0 Å². The smallest absolute Gasteiger partial charge is 0.221 e. The quantitative estimate of drug-likeness (QED) is 0.563. The molecular formula is C12H27N3O3S. The third kappa shape index (κ3) is 9.86. The molecule has 0 heterocycles. The normalized spacial score (nSPS) is 12.1. The summed E-state index contributed by atoms with van der Waals surface area (Å²) in [6, 6.07) is 0.167. The largest absolute Gasteiger partial charge is 0.354 e. The van der Waals surface area contributed by atoms with Gasteiger partial charge in [-0.3, -0.25) is 4.79 Å². The second-order valence-electron chi connectivity index (χ2n) is 4.83. The van der Waals surface area contributed by atoms with Crippen LogP contribution in [0.4, 0.5) is 0 Å². The highest BCUT2D eigenvalue weighted by Gasteiger charge is 2.12. The van der Waals surface area contributed by atoms with E-state index in [9.17, 15) is 13.2 Å². The molecule has 19 heavy (non-hydrogen) atoms. The SMILES string of the molecule is CCN(CCCNCCC(=O)NC(C)C)S(C)(=O)=O. The van der Waals surface area contributed by atoms with E-state index in [1.54, 1.807) is 0 Å². The number of hydrogen-bond donors (Lipinski definition) is 2. The molecule has 0 unspecified atom stereocenters. The third-order valence-corrected chi connectivity index (χ3v) is 3.94. The maximum absolute atomic E-state index is 11.3. The van der Waals surface area contributed by atoms with Gasteiger partial charge in [-0.05, 0) is 26.8 Å². The van der Waals surface area contributed by atoms with Gasteiger partial charge in [0, 0.05) is 32.1 Å². The van der Waals surface area contributed by atoms with Crippen molar-refractivity contribution >= 4 is 15.9 Å². The van der Waals surface area contributed by atoms with Crippen LogP contribution < -0.4 is 10.6 Å². The summed E-state index contributed by atoms with van der Waals surface area (Å²) in [6.45, 7) is 8.01. The molecule has 0 aliphatic rings. The number of rotatable bonds is 10. The van der Waals surface area contributed by atoms with Gasteiger partial charge in [-0.1, -0.05) is 6.92 Å². The van der Waals surface area contributed by atoms with Crippen molar-refractivity contribution in [2.24, 2.45) is 0 Å². The van der Waals surface area contributed by atoms with Crippen molar-refractivity contribution in [3.8, 4) is 0 Å². The van der Waals surface area contributed by atoms with Crippen molar-refractivity contribution in [2.45, 2.75) is 39.7 Å². The summed E-state index contributed by atoms with van der Waals surface area (Å²) in [5.74, 6) is 0.0359. The summed E-state index contributed by atoms with van der Waals surface area (Å²) in [5, 5.41) is 5.95. The van der Waals surface area contributed by atoms with Crippen LogP contribution in [0.25, 0.3) is 0 Å². The molecule has 0 atom stereocenters. The van der Waals surface area contributed by atoms with Crippen LogP contribution >= 0.6 is 0 Å². The number of nitrogens with zero attached hydrogens (tertiary/aromatic N) is 1. The first-order chi connectivity index (χ1) is 8.77. The van der Waals surface area contributed by atoms with Crippen LogP contribution in [0.3, 0.4) is 0 Å². The highest BCUT2D eigenvalue weighted by Crippen LogP contribution is 1.98. The molecule has 0 saturated heterocycles. The van der Waals surface area contributed by atoms with Gasteiger partial charge in [0.2, 0.25) is 15.9 Å².